The SMILES string of the molecule is CCNCc1cnc(N2CC3CCCC3C2)s1. The molecule has 2 atom stereocenters. The molecule has 1 N–H and O–H groups in total. The number of hydrogen-bond donors (Lipinski definition) is 1. The van der Waals surface area contributed by atoms with Crippen LogP contribution in [0.3, 0.4) is 0 Å². The third-order valence-corrected chi connectivity index (χ3v) is 5.15. The summed E-state index contributed by atoms with van der Waals surface area (Å²) in [5.41, 5.74) is 0. The van der Waals surface area contributed by atoms with Crippen LogP contribution >= 0.6 is 11.3 Å². The number of nitrogens with one attached hydrogen (secondary N) is 1. The summed E-state index contributed by atoms with van der Waals surface area (Å²) in [6.07, 6.45) is 6.37. The van der Waals surface area contributed by atoms with E-state index in [0.717, 1.165) is 24.9 Å². The van der Waals surface area contributed by atoms with E-state index in [0.29, 0.717) is 0 Å². The van der Waals surface area contributed by atoms with E-state index in [9.17, 15) is 0 Å². The summed E-state index contributed by atoms with van der Waals surface area (Å²) < 4.78 is 0. The molecule has 0 radical (unpaired) electrons. The molecule has 2 aliphatic rings. The van der Waals surface area contributed by atoms with Gasteiger partial charge in [-0.25, -0.2) is 4.98 Å². The molecule has 3 nitrogen and oxygen atoms in total. The number of nitrogens with zero attached hydrogens (tertiary/aromatic N) is 2. The molecule has 0 amide bonds. The third kappa shape index (κ3) is 2.33. The van der Waals surface area contributed by atoms with Crippen molar-refractivity contribution < 1.29 is 0 Å². The predicted octanol–water partition coefficient (Wildman–Crippen LogP) is 2.49. The molecule has 0 spiro atoms. The lowest BCUT2D eigenvalue weighted by molar-refractivity contribution is 0.494. The van der Waals surface area contributed by atoms with Gasteiger partial charge in [0.2, 0.25) is 0 Å². The van der Waals surface area contributed by atoms with Gasteiger partial charge in [0.05, 0.1) is 0 Å². The van der Waals surface area contributed by atoms with Crippen molar-refractivity contribution in [1.29, 1.82) is 0 Å². The Morgan fingerprint density at radius 3 is 2.88 bits per heavy atom. The standard InChI is InChI=1S/C13H21N3S/c1-2-14-6-12-7-15-13(17-12)16-8-10-4-3-5-11(10)9-16/h7,10-11,14H,2-6,8-9H2,1H3. The second kappa shape index (κ2) is 4.94. The van der Waals surface area contributed by atoms with Crippen molar-refractivity contribution in [3.8, 4) is 0 Å². The number of thiazole rings is 1. The summed E-state index contributed by atoms with van der Waals surface area (Å²) in [5.74, 6) is 1.91. The van der Waals surface area contributed by atoms with Gasteiger partial charge in [-0.1, -0.05) is 13.3 Å². The quantitative estimate of drug-likeness (QED) is 0.891. The number of rotatable bonds is 4. The van der Waals surface area contributed by atoms with E-state index < -0.39 is 0 Å². The van der Waals surface area contributed by atoms with Gasteiger partial charge in [0.25, 0.3) is 0 Å². The van der Waals surface area contributed by atoms with Gasteiger partial charge in [0, 0.05) is 30.7 Å². The maximum absolute atomic E-state index is 4.58. The van der Waals surface area contributed by atoms with Crippen molar-refractivity contribution >= 4 is 16.5 Å². The van der Waals surface area contributed by atoms with Gasteiger partial charge in [-0.05, 0) is 31.2 Å². The van der Waals surface area contributed by atoms with Crippen molar-refractivity contribution in [3.05, 3.63) is 11.1 Å². The molecular formula is C13H21N3S. The van der Waals surface area contributed by atoms with E-state index in [-0.39, 0.29) is 0 Å². The molecule has 1 aromatic heterocycles. The Labute approximate surface area is 107 Å². The first-order chi connectivity index (χ1) is 8.36. The minimum atomic E-state index is 0.955. The Bertz CT molecular complexity index is 364. The van der Waals surface area contributed by atoms with E-state index in [1.807, 2.05) is 17.5 Å². The van der Waals surface area contributed by atoms with Gasteiger partial charge in [-0.15, -0.1) is 11.3 Å². The van der Waals surface area contributed by atoms with E-state index in [2.05, 4.69) is 22.1 Å². The van der Waals surface area contributed by atoms with Crippen molar-refractivity contribution in [3.63, 3.8) is 0 Å². The van der Waals surface area contributed by atoms with Gasteiger partial charge in [0.1, 0.15) is 0 Å². The monoisotopic (exact) mass is 251 g/mol. The van der Waals surface area contributed by atoms with Crippen LogP contribution in [-0.4, -0.2) is 24.6 Å². The van der Waals surface area contributed by atoms with Crippen molar-refractivity contribution in [2.45, 2.75) is 32.7 Å². The molecule has 2 unspecified atom stereocenters. The first-order valence-electron chi connectivity index (χ1n) is 6.77. The zero-order chi connectivity index (χ0) is 11.7. The average Bonchev–Trinajstić information content (AvgIpc) is 3.00. The summed E-state index contributed by atoms with van der Waals surface area (Å²) in [6.45, 7) is 6.64. The molecule has 17 heavy (non-hydrogen) atoms. The fraction of sp³-hybridized carbons (Fsp3) is 0.769. The van der Waals surface area contributed by atoms with Gasteiger partial charge >= 0.3 is 0 Å². The predicted molar refractivity (Wildman–Crippen MR) is 72.5 cm³/mol. The van der Waals surface area contributed by atoms with Crippen molar-refractivity contribution in [2.24, 2.45) is 11.8 Å². The molecule has 0 bridgehead atoms. The van der Waals surface area contributed by atoms with Crippen LogP contribution in [0.25, 0.3) is 0 Å². The molecule has 1 aliphatic heterocycles. The van der Waals surface area contributed by atoms with Crippen LogP contribution in [0.1, 0.15) is 31.1 Å². The van der Waals surface area contributed by atoms with E-state index >= 15 is 0 Å². The highest BCUT2D eigenvalue weighted by molar-refractivity contribution is 7.15. The number of anilines is 1. The average molecular weight is 251 g/mol. The highest BCUT2D eigenvalue weighted by atomic mass is 32.1. The molecule has 0 aromatic carbocycles. The summed E-state index contributed by atoms with van der Waals surface area (Å²) >= 11 is 1.86. The van der Waals surface area contributed by atoms with Crippen LogP contribution in [0, 0.1) is 11.8 Å². The molecule has 1 saturated carbocycles. The number of fused-ring (bicyclic) bond motifs is 1. The van der Waals surface area contributed by atoms with E-state index in [4.69, 9.17) is 0 Å². The second-order valence-corrected chi connectivity index (χ2v) is 6.34. The Morgan fingerprint density at radius 1 is 1.41 bits per heavy atom. The fourth-order valence-electron chi connectivity index (χ4n) is 3.16. The smallest absolute Gasteiger partial charge is 0.185 e. The molecular weight excluding hydrogens is 230 g/mol. The zero-order valence-electron chi connectivity index (χ0n) is 10.5. The maximum atomic E-state index is 4.58. The molecule has 2 fully saturated rings. The molecule has 3 rings (SSSR count). The van der Waals surface area contributed by atoms with Crippen LogP contribution < -0.4 is 10.2 Å². The van der Waals surface area contributed by atoms with Crippen LogP contribution in [0.2, 0.25) is 0 Å². The minimum absolute atomic E-state index is 0.955. The molecule has 4 heteroatoms. The lowest BCUT2D eigenvalue weighted by Crippen LogP contribution is -2.20. The third-order valence-electron chi connectivity index (χ3n) is 4.09. The molecule has 1 aromatic rings. The first kappa shape index (κ1) is 11.5. The molecule has 1 aliphatic carbocycles. The van der Waals surface area contributed by atoms with Gasteiger partial charge in [0.15, 0.2) is 5.13 Å². The Hall–Kier alpha value is -0.610. The lowest BCUT2D eigenvalue weighted by atomic mass is 10.0. The van der Waals surface area contributed by atoms with Crippen LogP contribution in [0.15, 0.2) is 6.20 Å². The fourth-order valence-corrected chi connectivity index (χ4v) is 4.06. The maximum Gasteiger partial charge on any atom is 0.185 e. The van der Waals surface area contributed by atoms with E-state index in [1.165, 1.54) is 42.4 Å². The van der Waals surface area contributed by atoms with Crippen LogP contribution in [-0.2, 0) is 6.54 Å². The summed E-state index contributed by atoms with van der Waals surface area (Å²) in [4.78, 5) is 8.45. The zero-order valence-corrected chi connectivity index (χ0v) is 11.3. The van der Waals surface area contributed by atoms with E-state index in [1.54, 1.807) is 0 Å². The van der Waals surface area contributed by atoms with Crippen LogP contribution in [0.4, 0.5) is 5.13 Å². The summed E-state index contributed by atoms with van der Waals surface area (Å²) in [6, 6.07) is 0. The lowest BCUT2D eigenvalue weighted by Gasteiger charge is -2.15. The summed E-state index contributed by atoms with van der Waals surface area (Å²) in [5, 5.41) is 4.60. The number of aromatic nitrogens is 1. The normalized spacial score (nSPS) is 27.7. The van der Waals surface area contributed by atoms with Crippen molar-refractivity contribution in [2.75, 3.05) is 24.5 Å². The highest BCUT2D eigenvalue weighted by Crippen LogP contribution is 2.40. The van der Waals surface area contributed by atoms with Crippen LogP contribution in [0.5, 0.6) is 0 Å². The summed E-state index contributed by atoms with van der Waals surface area (Å²) in [7, 11) is 0. The Kier molecular flexibility index (Phi) is 3.34. The van der Waals surface area contributed by atoms with Crippen molar-refractivity contribution in [1.82, 2.24) is 10.3 Å². The largest absolute Gasteiger partial charge is 0.348 e. The molecule has 2 heterocycles. The topological polar surface area (TPSA) is 28.2 Å². The minimum Gasteiger partial charge on any atom is -0.348 e. The second-order valence-electron chi connectivity index (χ2n) is 5.25. The first-order valence-corrected chi connectivity index (χ1v) is 7.59. The van der Waals surface area contributed by atoms with Gasteiger partial charge in [-0.3, -0.25) is 0 Å². The molecule has 94 valence electrons. The highest BCUT2D eigenvalue weighted by Gasteiger charge is 2.36. The number of hydrogen-bond acceptors (Lipinski definition) is 4. The molecule has 1 saturated heterocycles. The van der Waals surface area contributed by atoms with Gasteiger partial charge < -0.3 is 10.2 Å². The van der Waals surface area contributed by atoms with Gasteiger partial charge in [-0.2, -0.15) is 0 Å². The Balaban J connectivity index is 1.63. The Morgan fingerprint density at radius 2 is 2.18 bits per heavy atom.